The summed E-state index contributed by atoms with van der Waals surface area (Å²) < 4.78 is 4.67. The van der Waals surface area contributed by atoms with E-state index < -0.39 is 0 Å². The number of Topliss-reactive ketones (excluding diaryl/α,β-unsaturated/α-hetero) is 1. The molecule has 156 valence electrons. The van der Waals surface area contributed by atoms with Gasteiger partial charge in [0.25, 0.3) is 0 Å². The summed E-state index contributed by atoms with van der Waals surface area (Å²) in [5.74, 6) is 1.72. The van der Waals surface area contributed by atoms with Gasteiger partial charge in [0.2, 0.25) is 0 Å². The van der Waals surface area contributed by atoms with E-state index in [4.69, 9.17) is 4.84 Å². The predicted octanol–water partition coefficient (Wildman–Crippen LogP) is 4.86. The lowest BCUT2D eigenvalue weighted by Crippen LogP contribution is -2.34. The second kappa shape index (κ2) is 9.10. The molecule has 1 heterocycles. The van der Waals surface area contributed by atoms with Crippen LogP contribution >= 0.6 is 0 Å². The summed E-state index contributed by atoms with van der Waals surface area (Å²) in [5, 5.41) is 4.48. The minimum absolute atomic E-state index is 0.0144. The SMILES string of the molecule is COC(=O)CCCCCC(=O)[C@H]1[C@H]2CC[C@H](C2)[C@@H]1C1=NOC(c2ccccc2)C1. The molecule has 0 amide bonds. The molecule has 1 aromatic carbocycles. The van der Waals surface area contributed by atoms with Crippen molar-refractivity contribution in [1.82, 2.24) is 0 Å². The van der Waals surface area contributed by atoms with Crippen LogP contribution in [0, 0.1) is 23.7 Å². The maximum atomic E-state index is 13.1. The number of hydrogen-bond donors (Lipinski definition) is 0. The van der Waals surface area contributed by atoms with Crippen molar-refractivity contribution in [2.24, 2.45) is 28.8 Å². The van der Waals surface area contributed by atoms with E-state index in [1.54, 1.807) is 0 Å². The maximum Gasteiger partial charge on any atom is 0.305 e. The Bertz CT molecular complexity index is 759. The molecule has 1 aliphatic heterocycles. The third kappa shape index (κ3) is 4.39. The normalized spacial score (nSPS) is 30.1. The number of methoxy groups -OCH3 is 1. The number of carbonyl (C=O) groups excluding carboxylic acids is 2. The number of esters is 1. The number of ketones is 1. The highest BCUT2D eigenvalue weighted by atomic mass is 16.6. The monoisotopic (exact) mass is 397 g/mol. The molecule has 0 radical (unpaired) electrons. The largest absolute Gasteiger partial charge is 0.469 e. The van der Waals surface area contributed by atoms with Gasteiger partial charge in [0.05, 0.1) is 12.8 Å². The van der Waals surface area contributed by atoms with Gasteiger partial charge in [-0.25, -0.2) is 0 Å². The van der Waals surface area contributed by atoms with Crippen LogP contribution in [0.4, 0.5) is 0 Å². The fraction of sp³-hybridized carbons (Fsp3) is 0.625. The zero-order chi connectivity index (χ0) is 20.2. The second-order valence-electron chi connectivity index (χ2n) is 8.78. The van der Waals surface area contributed by atoms with Gasteiger partial charge in [0.1, 0.15) is 5.78 Å². The summed E-state index contributed by atoms with van der Waals surface area (Å²) in [6.07, 6.45) is 7.94. The number of oxime groups is 1. The van der Waals surface area contributed by atoms with Gasteiger partial charge in [-0.3, -0.25) is 9.59 Å². The first-order valence-electron chi connectivity index (χ1n) is 11.0. The van der Waals surface area contributed by atoms with E-state index >= 15 is 0 Å². The van der Waals surface area contributed by atoms with Crippen molar-refractivity contribution in [1.29, 1.82) is 0 Å². The first kappa shape index (κ1) is 20.1. The van der Waals surface area contributed by atoms with Crippen molar-refractivity contribution in [3.05, 3.63) is 35.9 Å². The molecule has 1 unspecified atom stereocenters. The van der Waals surface area contributed by atoms with E-state index in [2.05, 4.69) is 22.0 Å². The smallest absolute Gasteiger partial charge is 0.305 e. The molecule has 0 aromatic heterocycles. The molecule has 2 bridgehead atoms. The van der Waals surface area contributed by atoms with Gasteiger partial charge in [-0.1, -0.05) is 41.9 Å². The van der Waals surface area contributed by atoms with Gasteiger partial charge in [0, 0.05) is 31.1 Å². The Morgan fingerprint density at radius 2 is 1.83 bits per heavy atom. The summed E-state index contributed by atoms with van der Waals surface area (Å²) in [6, 6.07) is 10.2. The van der Waals surface area contributed by atoms with Crippen LogP contribution in [-0.4, -0.2) is 24.6 Å². The Kier molecular flexibility index (Phi) is 6.31. The van der Waals surface area contributed by atoms with E-state index in [9.17, 15) is 9.59 Å². The van der Waals surface area contributed by atoms with E-state index in [1.165, 1.54) is 26.4 Å². The van der Waals surface area contributed by atoms with Crippen LogP contribution in [-0.2, 0) is 19.2 Å². The van der Waals surface area contributed by atoms with Crippen LogP contribution in [0.1, 0.15) is 69.5 Å². The van der Waals surface area contributed by atoms with Gasteiger partial charge < -0.3 is 9.57 Å². The topological polar surface area (TPSA) is 65.0 Å². The molecule has 4 rings (SSSR count). The van der Waals surface area contributed by atoms with Crippen molar-refractivity contribution < 1.29 is 19.2 Å². The Labute approximate surface area is 172 Å². The van der Waals surface area contributed by atoms with Gasteiger partial charge in [-0.2, -0.15) is 0 Å². The third-order valence-electron chi connectivity index (χ3n) is 7.07. The van der Waals surface area contributed by atoms with Crippen LogP contribution in [0.2, 0.25) is 0 Å². The Hall–Kier alpha value is -2.17. The van der Waals surface area contributed by atoms with Crippen molar-refractivity contribution in [2.75, 3.05) is 7.11 Å². The lowest BCUT2D eigenvalue weighted by Gasteiger charge is -2.29. The summed E-state index contributed by atoms with van der Waals surface area (Å²) >= 11 is 0. The van der Waals surface area contributed by atoms with Crippen molar-refractivity contribution in [2.45, 2.75) is 63.9 Å². The molecule has 2 aliphatic carbocycles. The van der Waals surface area contributed by atoms with Crippen molar-refractivity contribution >= 4 is 17.5 Å². The second-order valence-corrected chi connectivity index (χ2v) is 8.78. The molecule has 0 saturated heterocycles. The van der Waals surface area contributed by atoms with Crippen LogP contribution in [0.3, 0.4) is 0 Å². The summed E-state index contributed by atoms with van der Waals surface area (Å²) in [7, 11) is 1.42. The van der Waals surface area contributed by atoms with E-state index in [1.807, 2.05) is 18.2 Å². The molecule has 2 saturated carbocycles. The molecule has 1 aromatic rings. The van der Waals surface area contributed by atoms with Gasteiger partial charge in [-0.05, 0) is 49.5 Å². The molecule has 0 spiro atoms. The zero-order valence-electron chi connectivity index (χ0n) is 17.2. The molecule has 5 nitrogen and oxygen atoms in total. The maximum absolute atomic E-state index is 13.1. The minimum Gasteiger partial charge on any atom is -0.469 e. The van der Waals surface area contributed by atoms with Crippen molar-refractivity contribution in [3.8, 4) is 0 Å². The average Bonchev–Trinajstić information content (AvgIpc) is 3.49. The van der Waals surface area contributed by atoms with Gasteiger partial charge in [0.15, 0.2) is 6.10 Å². The Morgan fingerprint density at radius 1 is 1.07 bits per heavy atom. The first-order chi connectivity index (χ1) is 14.2. The fourth-order valence-electron chi connectivity index (χ4n) is 5.69. The number of hydrogen-bond acceptors (Lipinski definition) is 5. The highest BCUT2D eigenvalue weighted by molar-refractivity contribution is 5.94. The quantitative estimate of drug-likeness (QED) is 0.441. The molecule has 29 heavy (non-hydrogen) atoms. The summed E-state index contributed by atoms with van der Waals surface area (Å²) in [6.45, 7) is 0. The van der Waals surface area contributed by atoms with Crippen LogP contribution in [0.5, 0.6) is 0 Å². The highest BCUT2D eigenvalue weighted by Crippen LogP contribution is 2.55. The molecule has 3 aliphatic rings. The summed E-state index contributed by atoms with van der Waals surface area (Å²) in [5.41, 5.74) is 2.26. The standard InChI is InChI=1S/C24H31NO4/c1-28-22(27)11-7-3-6-10-20(26)24-18-13-12-17(14-18)23(24)19-15-21(29-25-19)16-8-4-2-5-9-16/h2,4-5,8-9,17-18,21,23-24H,3,6-7,10-15H2,1H3/t17-,18+,21?,23-,24-/m1/s1. The number of benzene rings is 1. The Balaban J connectivity index is 1.33. The van der Waals surface area contributed by atoms with Crippen LogP contribution in [0.25, 0.3) is 0 Å². The van der Waals surface area contributed by atoms with E-state index in [0.29, 0.717) is 30.5 Å². The van der Waals surface area contributed by atoms with Crippen molar-refractivity contribution in [3.63, 3.8) is 0 Å². The molecule has 2 fully saturated rings. The van der Waals surface area contributed by atoms with E-state index in [0.717, 1.165) is 37.0 Å². The third-order valence-corrected chi connectivity index (χ3v) is 7.07. The average molecular weight is 398 g/mol. The zero-order valence-corrected chi connectivity index (χ0v) is 17.2. The lowest BCUT2D eigenvalue weighted by atomic mass is 9.72. The number of nitrogens with zero attached hydrogens (tertiary/aromatic N) is 1. The molecular formula is C24H31NO4. The van der Waals surface area contributed by atoms with Gasteiger partial charge in [-0.15, -0.1) is 0 Å². The number of carbonyl (C=O) groups is 2. The molecular weight excluding hydrogens is 366 g/mol. The predicted molar refractivity (Wildman–Crippen MR) is 110 cm³/mol. The first-order valence-corrected chi connectivity index (χ1v) is 11.0. The minimum atomic E-state index is -0.170. The van der Waals surface area contributed by atoms with E-state index in [-0.39, 0.29) is 23.9 Å². The number of unbranched alkanes of at least 4 members (excludes halogenated alkanes) is 2. The van der Waals surface area contributed by atoms with Crippen LogP contribution in [0.15, 0.2) is 35.5 Å². The lowest BCUT2D eigenvalue weighted by molar-refractivity contribution is -0.140. The number of fused-ring (bicyclic) bond motifs is 2. The highest BCUT2D eigenvalue weighted by Gasteiger charge is 2.53. The molecule has 5 atom stereocenters. The fourth-order valence-corrected chi connectivity index (χ4v) is 5.69. The van der Waals surface area contributed by atoms with Gasteiger partial charge >= 0.3 is 5.97 Å². The van der Waals surface area contributed by atoms with Crippen LogP contribution < -0.4 is 0 Å². The molecule has 0 N–H and O–H groups in total. The molecule has 5 heteroatoms. The summed E-state index contributed by atoms with van der Waals surface area (Å²) in [4.78, 5) is 30.1. The number of rotatable bonds is 9. The Morgan fingerprint density at radius 3 is 2.62 bits per heavy atom. The number of ether oxygens (including phenoxy) is 1.